The monoisotopic (exact) mass is 170 g/mol. The number of fused-ring (bicyclic) bond motifs is 1. The van der Waals surface area contributed by atoms with E-state index in [-0.39, 0.29) is 11.6 Å². The first-order chi connectivity index (χ1) is 5.79. The maximum Gasteiger partial charge on any atom is 0.297 e. The number of halogens is 2. The van der Waals surface area contributed by atoms with Crippen LogP contribution in [-0.2, 0) is 0 Å². The van der Waals surface area contributed by atoms with Crippen molar-refractivity contribution in [1.82, 2.24) is 19.6 Å². The molecular formula is C6H4F2N4. The number of aromatic nitrogens is 4. The Labute approximate surface area is 65.9 Å². The number of alkyl halides is 2. The average Bonchev–Trinajstić information content (AvgIpc) is 2.47. The van der Waals surface area contributed by atoms with Gasteiger partial charge in [-0.25, -0.2) is 13.8 Å². The van der Waals surface area contributed by atoms with Gasteiger partial charge in [0.05, 0.1) is 0 Å². The Morgan fingerprint density at radius 2 is 2.17 bits per heavy atom. The zero-order valence-electron chi connectivity index (χ0n) is 5.85. The van der Waals surface area contributed by atoms with Gasteiger partial charge in [0.25, 0.3) is 12.2 Å². The summed E-state index contributed by atoms with van der Waals surface area (Å²) in [5, 5.41) is 6.76. The van der Waals surface area contributed by atoms with Crippen LogP contribution < -0.4 is 0 Å². The molecule has 0 aliphatic rings. The average molecular weight is 170 g/mol. The van der Waals surface area contributed by atoms with E-state index in [0.29, 0.717) is 0 Å². The predicted octanol–water partition coefficient (Wildman–Crippen LogP) is 1.06. The highest BCUT2D eigenvalue weighted by Gasteiger charge is 2.14. The molecule has 2 aromatic rings. The quantitative estimate of drug-likeness (QED) is 0.642. The number of nitrogens with zero attached hydrogens (tertiary/aromatic N) is 4. The Kier molecular flexibility index (Phi) is 1.46. The SMILES string of the molecule is FC(F)c1nnc2ncccn12. The van der Waals surface area contributed by atoms with Crippen molar-refractivity contribution in [3.63, 3.8) is 0 Å². The van der Waals surface area contributed by atoms with Crippen LogP contribution in [0.5, 0.6) is 0 Å². The van der Waals surface area contributed by atoms with Crippen molar-refractivity contribution in [2.24, 2.45) is 0 Å². The third-order valence-electron chi connectivity index (χ3n) is 1.41. The molecule has 0 bridgehead atoms. The van der Waals surface area contributed by atoms with Gasteiger partial charge in [0.15, 0.2) is 0 Å². The smallest absolute Gasteiger partial charge is 0.266 e. The van der Waals surface area contributed by atoms with Gasteiger partial charge in [0.1, 0.15) is 0 Å². The molecule has 0 aliphatic carbocycles. The minimum Gasteiger partial charge on any atom is -0.266 e. The Balaban J connectivity index is 2.70. The lowest BCUT2D eigenvalue weighted by molar-refractivity contribution is 0.139. The lowest BCUT2D eigenvalue weighted by Gasteiger charge is -1.94. The summed E-state index contributed by atoms with van der Waals surface area (Å²) in [6.45, 7) is 0. The highest BCUT2D eigenvalue weighted by atomic mass is 19.3. The second kappa shape index (κ2) is 2.47. The molecule has 0 aliphatic heterocycles. The number of hydrogen-bond acceptors (Lipinski definition) is 3. The predicted molar refractivity (Wildman–Crippen MR) is 35.7 cm³/mol. The van der Waals surface area contributed by atoms with Crippen molar-refractivity contribution in [2.75, 3.05) is 0 Å². The molecular weight excluding hydrogens is 166 g/mol. The second-order valence-corrected chi connectivity index (χ2v) is 2.15. The maximum absolute atomic E-state index is 12.2. The molecule has 0 unspecified atom stereocenters. The Morgan fingerprint density at radius 3 is 2.92 bits per heavy atom. The van der Waals surface area contributed by atoms with E-state index < -0.39 is 6.43 Å². The molecule has 0 radical (unpaired) electrons. The highest BCUT2D eigenvalue weighted by molar-refractivity contribution is 5.26. The third kappa shape index (κ3) is 0.919. The topological polar surface area (TPSA) is 43.1 Å². The lowest BCUT2D eigenvalue weighted by atomic mass is 10.6. The van der Waals surface area contributed by atoms with Gasteiger partial charge >= 0.3 is 0 Å². The standard InChI is InChI=1S/C6H4F2N4/c7-4(8)5-10-11-6-9-2-1-3-12(5)6/h1-4H. The molecule has 0 saturated heterocycles. The molecule has 4 nitrogen and oxygen atoms in total. The minimum absolute atomic E-state index is 0.188. The molecule has 0 fully saturated rings. The molecule has 0 amide bonds. The number of hydrogen-bond donors (Lipinski definition) is 0. The van der Waals surface area contributed by atoms with Crippen molar-refractivity contribution in [3.05, 3.63) is 24.3 Å². The van der Waals surface area contributed by atoms with Crippen LogP contribution in [0.2, 0.25) is 0 Å². The van der Waals surface area contributed by atoms with Crippen LogP contribution in [0.3, 0.4) is 0 Å². The summed E-state index contributed by atoms with van der Waals surface area (Å²) in [6.07, 6.45) is 0.299. The minimum atomic E-state index is -2.62. The van der Waals surface area contributed by atoms with Gasteiger partial charge in [-0.3, -0.25) is 4.40 Å². The fourth-order valence-electron chi connectivity index (χ4n) is 0.909. The first kappa shape index (κ1) is 7.08. The van der Waals surface area contributed by atoms with Crippen LogP contribution >= 0.6 is 0 Å². The highest BCUT2D eigenvalue weighted by Crippen LogP contribution is 2.15. The van der Waals surface area contributed by atoms with Crippen molar-refractivity contribution < 1.29 is 8.78 Å². The zero-order valence-corrected chi connectivity index (χ0v) is 5.85. The molecule has 0 atom stereocenters. The summed E-state index contributed by atoms with van der Waals surface area (Å²) < 4.78 is 25.5. The van der Waals surface area contributed by atoms with Crippen LogP contribution in [0.15, 0.2) is 18.5 Å². The second-order valence-electron chi connectivity index (χ2n) is 2.15. The molecule has 62 valence electrons. The van der Waals surface area contributed by atoms with Gasteiger partial charge in [-0.2, -0.15) is 0 Å². The van der Waals surface area contributed by atoms with Crippen molar-refractivity contribution >= 4 is 5.78 Å². The van der Waals surface area contributed by atoms with E-state index in [1.54, 1.807) is 6.07 Å². The first-order valence-electron chi connectivity index (χ1n) is 3.23. The van der Waals surface area contributed by atoms with Crippen molar-refractivity contribution in [2.45, 2.75) is 6.43 Å². The molecule has 0 saturated carbocycles. The maximum atomic E-state index is 12.2. The van der Waals surface area contributed by atoms with E-state index in [2.05, 4.69) is 15.2 Å². The van der Waals surface area contributed by atoms with Crippen LogP contribution in [0.1, 0.15) is 12.2 Å². The summed E-state index contributed by atoms with van der Waals surface area (Å²) in [5.74, 6) is -0.189. The third-order valence-corrected chi connectivity index (χ3v) is 1.41. The Hall–Kier alpha value is -1.59. The van der Waals surface area contributed by atoms with E-state index in [0.717, 1.165) is 4.40 Å². The van der Waals surface area contributed by atoms with E-state index in [1.807, 2.05) is 0 Å². The van der Waals surface area contributed by atoms with Gasteiger partial charge in [-0.05, 0) is 6.07 Å². The fourth-order valence-corrected chi connectivity index (χ4v) is 0.909. The molecule has 6 heteroatoms. The normalized spacial score (nSPS) is 11.2. The van der Waals surface area contributed by atoms with Crippen molar-refractivity contribution in [1.29, 1.82) is 0 Å². The molecule has 2 heterocycles. The van der Waals surface area contributed by atoms with Gasteiger partial charge in [-0.15, -0.1) is 10.2 Å². The van der Waals surface area contributed by atoms with Crippen LogP contribution in [0.25, 0.3) is 5.78 Å². The van der Waals surface area contributed by atoms with Gasteiger partial charge in [-0.1, -0.05) is 0 Å². The molecule has 0 N–H and O–H groups in total. The summed E-state index contributed by atoms with van der Waals surface area (Å²) in [5.41, 5.74) is 0. The van der Waals surface area contributed by atoms with Crippen molar-refractivity contribution in [3.8, 4) is 0 Å². The molecule has 12 heavy (non-hydrogen) atoms. The number of rotatable bonds is 1. The van der Waals surface area contributed by atoms with E-state index >= 15 is 0 Å². The van der Waals surface area contributed by atoms with Gasteiger partial charge in [0.2, 0.25) is 5.82 Å². The summed E-state index contributed by atoms with van der Waals surface area (Å²) >= 11 is 0. The van der Waals surface area contributed by atoms with Gasteiger partial charge in [0, 0.05) is 12.4 Å². The van der Waals surface area contributed by atoms with Crippen LogP contribution in [0, 0.1) is 0 Å². The van der Waals surface area contributed by atoms with E-state index in [4.69, 9.17) is 0 Å². The van der Waals surface area contributed by atoms with E-state index in [9.17, 15) is 8.78 Å². The zero-order chi connectivity index (χ0) is 8.55. The van der Waals surface area contributed by atoms with E-state index in [1.165, 1.54) is 12.4 Å². The fraction of sp³-hybridized carbons (Fsp3) is 0.167. The summed E-state index contributed by atoms with van der Waals surface area (Å²) in [7, 11) is 0. The van der Waals surface area contributed by atoms with Gasteiger partial charge < -0.3 is 0 Å². The molecule has 2 rings (SSSR count). The Morgan fingerprint density at radius 1 is 1.33 bits per heavy atom. The Bertz CT molecular complexity index is 397. The molecule has 0 spiro atoms. The van der Waals surface area contributed by atoms with Crippen LogP contribution in [0.4, 0.5) is 8.78 Å². The lowest BCUT2D eigenvalue weighted by Crippen LogP contribution is -1.94. The van der Waals surface area contributed by atoms with Crippen LogP contribution in [-0.4, -0.2) is 19.6 Å². The largest absolute Gasteiger partial charge is 0.297 e. The summed E-state index contributed by atoms with van der Waals surface area (Å²) in [6, 6.07) is 1.54. The molecule has 0 aromatic carbocycles. The first-order valence-corrected chi connectivity index (χ1v) is 3.23. The molecule has 2 aromatic heterocycles. The summed E-state index contributed by atoms with van der Waals surface area (Å²) in [4.78, 5) is 3.74.